The number of hydrogen-bond acceptors (Lipinski definition) is 7. The fourth-order valence-corrected chi connectivity index (χ4v) is 5.26. The highest BCUT2D eigenvalue weighted by molar-refractivity contribution is 7.98. The largest absolute Gasteiger partial charge is 0.497 e. The molecule has 0 aliphatic heterocycles. The van der Waals surface area contributed by atoms with Gasteiger partial charge in [-0.15, -0.1) is 20.4 Å². The summed E-state index contributed by atoms with van der Waals surface area (Å²) in [6.07, 6.45) is 4.86. The molecule has 33 heavy (non-hydrogen) atoms. The van der Waals surface area contributed by atoms with Crippen LogP contribution in [-0.2, 0) is 5.75 Å². The number of rotatable bonds is 7. The Kier molecular flexibility index (Phi) is 6.44. The molecule has 170 valence electrons. The standard InChI is InChI=1S/C25H27N5O2S/c1-17-8-6-7-11-21(17)30-23(18-12-14-20(31-2)15-13-18)27-29-25(30)33-16-22-26-28-24(32-22)19-9-4-3-5-10-19/h3-5,9-10,12-15,17,21H,6-8,11,16H2,1-2H3. The molecule has 0 radical (unpaired) electrons. The Hall–Kier alpha value is -3.13. The Morgan fingerprint density at radius 3 is 2.48 bits per heavy atom. The van der Waals surface area contributed by atoms with Crippen LogP contribution in [0.3, 0.4) is 0 Å². The normalized spacial score (nSPS) is 18.4. The lowest BCUT2D eigenvalue weighted by Gasteiger charge is -2.31. The first kappa shape index (κ1) is 21.7. The van der Waals surface area contributed by atoms with Crippen LogP contribution in [0.15, 0.2) is 64.2 Å². The van der Waals surface area contributed by atoms with Gasteiger partial charge in [0.25, 0.3) is 0 Å². The first-order valence-corrected chi connectivity index (χ1v) is 12.3. The highest BCUT2D eigenvalue weighted by atomic mass is 32.2. The van der Waals surface area contributed by atoms with Gasteiger partial charge in [0.05, 0.1) is 12.9 Å². The fourth-order valence-electron chi connectivity index (χ4n) is 4.43. The van der Waals surface area contributed by atoms with Crippen LogP contribution < -0.4 is 4.74 Å². The third-order valence-corrected chi connectivity index (χ3v) is 7.15. The van der Waals surface area contributed by atoms with E-state index in [1.54, 1.807) is 18.9 Å². The fraction of sp³-hybridized carbons (Fsp3) is 0.360. The summed E-state index contributed by atoms with van der Waals surface area (Å²) in [6.45, 7) is 2.33. The maximum absolute atomic E-state index is 5.90. The highest BCUT2D eigenvalue weighted by Gasteiger charge is 2.29. The minimum absolute atomic E-state index is 0.371. The van der Waals surface area contributed by atoms with Crippen molar-refractivity contribution in [2.24, 2.45) is 5.92 Å². The topological polar surface area (TPSA) is 78.9 Å². The summed E-state index contributed by atoms with van der Waals surface area (Å²) >= 11 is 1.60. The van der Waals surface area contributed by atoms with Gasteiger partial charge in [-0.25, -0.2) is 0 Å². The number of aromatic nitrogens is 5. The SMILES string of the molecule is COc1ccc(-c2nnc(SCc3nnc(-c4ccccc4)o3)n2C2CCCCC2C)cc1. The predicted octanol–water partition coefficient (Wildman–Crippen LogP) is 6.05. The molecule has 2 atom stereocenters. The number of hydrogen-bond donors (Lipinski definition) is 0. The second-order valence-electron chi connectivity index (χ2n) is 8.39. The molecule has 1 fully saturated rings. The van der Waals surface area contributed by atoms with E-state index in [0.29, 0.717) is 29.5 Å². The van der Waals surface area contributed by atoms with Crippen molar-refractivity contribution in [2.75, 3.05) is 7.11 Å². The third kappa shape index (κ3) is 4.66. The van der Waals surface area contributed by atoms with Gasteiger partial charge in [-0.1, -0.05) is 49.7 Å². The van der Waals surface area contributed by atoms with Crippen molar-refractivity contribution in [3.05, 3.63) is 60.5 Å². The molecule has 2 unspecified atom stereocenters. The van der Waals surface area contributed by atoms with E-state index in [-0.39, 0.29) is 0 Å². The summed E-state index contributed by atoms with van der Waals surface area (Å²) in [6, 6.07) is 18.2. The summed E-state index contributed by atoms with van der Waals surface area (Å²) in [5.74, 6) is 3.95. The summed E-state index contributed by atoms with van der Waals surface area (Å²) in [5, 5.41) is 18.5. The van der Waals surface area contributed by atoms with Gasteiger partial charge in [0.15, 0.2) is 11.0 Å². The van der Waals surface area contributed by atoms with E-state index in [2.05, 4.69) is 31.9 Å². The van der Waals surface area contributed by atoms with Crippen LogP contribution >= 0.6 is 11.8 Å². The van der Waals surface area contributed by atoms with Crippen molar-refractivity contribution in [3.8, 4) is 28.6 Å². The van der Waals surface area contributed by atoms with Gasteiger partial charge in [0.2, 0.25) is 11.8 Å². The molecule has 2 aromatic carbocycles. The van der Waals surface area contributed by atoms with Crippen molar-refractivity contribution < 1.29 is 9.15 Å². The first-order valence-electron chi connectivity index (χ1n) is 11.3. The van der Waals surface area contributed by atoms with Crippen LogP contribution in [0.1, 0.15) is 44.5 Å². The number of thioether (sulfide) groups is 1. The van der Waals surface area contributed by atoms with Crippen molar-refractivity contribution >= 4 is 11.8 Å². The van der Waals surface area contributed by atoms with Gasteiger partial charge in [0, 0.05) is 17.2 Å². The number of benzene rings is 2. The number of methoxy groups -OCH3 is 1. The Balaban J connectivity index is 1.42. The summed E-state index contributed by atoms with van der Waals surface area (Å²) < 4.78 is 13.5. The predicted molar refractivity (Wildman–Crippen MR) is 128 cm³/mol. The van der Waals surface area contributed by atoms with E-state index in [0.717, 1.165) is 34.3 Å². The van der Waals surface area contributed by atoms with E-state index in [1.807, 2.05) is 54.6 Å². The molecule has 1 aliphatic rings. The second-order valence-corrected chi connectivity index (χ2v) is 9.33. The molecule has 5 rings (SSSR count). The molecule has 0 bridgehead atoms. The minimum Gasteiger partial charge on any atom is -0.497 e. The Morgan fingerprint density at radius 1 is 0.939 bits per heavy atom. The quantitative estimate of drug-likeness (QED) is 0.310. The molecular formula is C25H27N5O2S. The molecule has 0 spiro atoms. The van der Waals surface area contributed by atoms with Crippen LogP contribution in [-0.4, -0.2) is 32.1 Å². The molecule has 1 aliphatic carbocycles. The zero-order valence-electron chi connectivity index (χ0n) is 18.8. The maximum atomic E-state index is 5.90. The Morgan fingerprint density at radius 2 is 1.73 bits per heavy atom. The molecule has 7 nitrogen and oxygen atoms in total. The van der Waals surface area contributed by atoms with Crippen molar-refractivity contribution in [1.29, 1.82) is 0 Å². The van der Waals surface area contributed by atoms with Gasteiger partial charge in [0.1, 0.15) is 5.75 Å². The smallest absolute Gasteiger partial charge is 0.247 e. The molecule has 0 saturated heterocycles. The van der Waals surface area contributed by atoms with Crippen molar-refractivity contribution in [3.63, 3.8) is 0 Å². The van der Waals surface area contributed by atoms with E-state index in [9.17, 15) is 0 Å². The number of nitrogens with zero attached hydrogens (tertiary/aromatic N) is 5. The zero-order chi connectivity index (χ0) is 22.6. The Bertz CT molecular complexity index is 1190. The third-order valence-electron chi connectivity index (χ3n) is 6.22. The van der Waals surface area contributed by atoms with Gasteiger partial charge in [-0.3, -0.25) is 4.57 Å². The van der Waals surface area contributed by atoms with Gasteiger partial charge < -0.3 is 9.15 Å². The van der Waals surface area contributed by atoms with Gasteiger partial charge >= 0.3 is 0 Å². The molecule has 0 amide bonds. The summed E-state index contributed by atoms with van der Waals surface area (Å²) in [4.78, 5) is 0. The van der Waals surface area contributed by atoms with Crippen LogP contribution in [0.5, 0.6) is 5.75 Å². The summed E-state index contributed by atoms with van der Waals surface area (Å²) in [5.41, 5.74) is 1.96. The van der Waals surface area contributed by atoms with E-state index >= 15 is 0 Å². The van der Waals surface area contributed by atoms with Crippen LogP contribution in [0.25, 0.3) is 22.8 Å². The van der Waals surface area contributed by atoms with Crippen molar-refractivity contribution in [1.82, 2.24) is 25.0 Å². The molecule has 1 saturated carbocycles. The van der Waals surface area contributed by atoms with Gasteiger partial charge in [-0.05, 0) is 55.2 Å². The van der Waals surface area contributed by atoms with E-state index in [4.69, 9.17) is 9.15 Å². The second kappa shape index (κ2) is 9.79. The molecule has 2 aromatic heterocycles. The van der Waals surface area contributed by atoms with Crippen molar-refractivity contribution in [2.45, 2.75) is 49.6 Å². The maximum Gasteiger partial charge on any atom is 0.247 e. The molecule has 2 heterocycles. The zero-order valence-corrected chi connectivity index (χ0v) is 19.7. The molecule has 8 heteroatoms. The average Bonchev–Trinajstić information content (AvgIpc) is 3.51. The van der Waals surface area contributed by atoms with E-state index in [1.165, 1.54) is 19.3 Å². The highest BCUT2D eigenvalue weighted by Crippen LogP contribution is 2.39. The monoisotopic (exact) mass is 461 g/mol. The lowest BCUT2D eigenvalue weighted by molar-refractivity contribution is 0.247. The molecule has 0 N–H and O–H groups in total. The lowest BCUT2D eigenvalue weighted by Crippen LogP contribution is -2.22. The average molecular weight is 462 g/mol. The van der Waals surface area contributed by atoms with Crippen LogP contribution in [0.4, 0.5) is 0 Å². The Labute approximate surface area is 197 Å². The molecule has 4 aromatic rings. The first-order chi connectivity index (χ1) is 16.2. The minimum atomic E-state index is 0.371. The van der Waals surface area contributed by atoms with Crippen LogP contribution in [0.2, 0.25) is 0 Å². The summed E-state index contributed by atoms with van der Waals surface area (Å²) in [7, 11) is 1.68. The van der Waals surface area contributed by atoms with Crippen LogP contribution in [0, 0.1) is 5.92 Å². The molecular weight excluding hydrogens is 434 g/mol. The van der Waals surface area contributed by atoms with Gasteiger partial charge in [-0.2, -0.15) is 0 Å². The lowest BCUT2D eigenvalue weighted by atomic mass is 9.85. The number of ether oxygens (including phenoxy) is 1. The van der Waals surface area contributed by atoms with E-state index < -0.39 is 0 Å².